The lowest BCUT2D eigenvalue weighted by molar-refractivity contribution is -0.00260. The van der Waals surface area contributed by atoms with Crippen LogP contribution in [0.25, 0.3) is 0 Å². The van der Waals surface area contributed by atoms with Crippen LogP contribution in [0.5, 0.6) is 5.75 Å². The quantitative estimate of drug-likeness (QED) is 0.824. The molecule has 1 aliphatic heterocycles. The molecule has 1 N–H and O–H groups in total. The van der Waals surface area contributed by atoms with E-state index in [0.717, 1.165) is 30.8 Å². The van der Waals surface area contributed by atoms with Crippen LogP contribution in [-0.2, 0) is 4.74 Å². The maximum absolute atomic E-state index is 10.0. The van der Waals surface area contributed by atoms with Crippen molar-refractivity contribution in [3.63, 3.8) is 0 Å². The zero-order valence-electron chi connectivity index (χ0n) is 8.85. The first kappa shape index (κ1) is 10.5. The first-order valence-electron chi connectivity index (χ1n) is 5.25. The van der Waals surface area contributed by atoms with Crippen molar-refractivity contribution in [3.05, 3.63) is 29.8 Å². The first-order valence-corrected chi connectivity index (χ1v) is 5.25. The molecular formula is C12H16O3. The Morgan fingerprint density at radius 1 is 1.40 bits per heavy atom. The Kier molecular flexibility index (Phi) is 3.23. The summed E-state index contributed by atoms with van der Waals surface area (Å²) in [4.78, 5) is 0. The molecular weight excluding hydrogens is 192 g/mol. The Bertz CT molecular complexity index is 301. The first-order chi connectivity index (χ1) is 7.31. The molecule has 0 amide bonds. The number of hydrogen-bond donors (Lipinski definition) is 1. The summed E-state index contributed by atoms with van der Waals surface area (Å²) in [6.45, 7) is 0.762. The molecule has 1 saturated heterocycles. The van der Waals surface area contributed by atoms with Crippen molar-refractivity contribution >= 4 is 0 Å². The molecule has 2 rings (SSSR count). The molecule has 1 heterocycles. The van der Waals surface area contributed by atoms with E-state index in [0.29, 0.717) is 0 Å². The Labute approximate surface area is 89.6 Å². The van der Waals surface area contributed by atoms with E-state index in [1.54, 1.807) is 7.11 Å². The summed E-state index contributed by atoms with van der Waals surface area (Å²) < 4.78 is 10.5. The van der Waals surface area contributed by atoms with Gasteiger partial charge in [0.2, 0.25) is 0 Å². The van der Waals surface area contributed by atoms with Crippen LogP contribution >= 0.6 is 0 Å². The van der Waals surface area contributed by atoms with E-state index in [2.05, 4.69) is 0 Å². The van der Waals surface area contributed by atoms with Crippen LogP contribution < -0.4 is 4.74 Å². The van der Waals surface area contributed by atoms with Gasteiger partial charge in [-0.25, -0.2) is 0 Å². The Morgan fingerprint density at radius 2 is 2.13 bits per heavy atom. The van der Waals surface area contributed by atoms with Crippen molar-refractivity contribution < 1.29 is 14.6 Å². The summed E-state index contributed by atoms with van der Waals surface area (Å²) in [5.41, 5.74) is 0.891. The average molecular weight is 208 g/mol. The van der Waals surface area contributed by atoms with Gasteiger partial charge in [0.1, 0.15) is 11.9 Å². The Morgan fingerprint density at radius 3 is 2.67 bits per heavy atom. The van der Waals surface area contributed by atoms with E-state index in [4.69, 9.17) is 9.47 Å². The number of methoxy groups -OCH3 is 1. The largest absolute Gasteiger partial charge is 0.497 e. The molecule has 0 aliphatic carbocycles. The third-order valence-electron chi connectivity index (χ3n) is 2.77. The molecule has 0 radical (unpaired) electrons. The molecule has 1 aromatic rings. The van der Waals surface area contributed by atoms with E-state index in [1.807, 2.05) is 24.3 Å². The number of aliphatic hydroxyl groups excluding tert-OH is 1. The molecule has 0 saturated carbocycles. The third-order valence-corrected chi connectivity index (χ3v) is 2.77. The van der Waals surface area contributed by atoms with Gasteiger partial charge in [-0.05, 0) is 30.5 Å². The van der Waals surface area contributed by atoms with Gasteiger partial charge in [0.15, 0.2) is 0 Å². The second-order valence-corrected chi connectivity index (χ2v) is 3.77. The second-order valence-electron chi connectivity index (χ2n) is 3.77. The van der Waals surface area contributed by atoms with E-state index >= 15 is 0 Å². The van der Waals surface area contributed by atoms with Crippen LogP contribution in [0.1, 0.15) is 24.5 Å². The van der Waals surface area contributed by atoms with Gasteiger partial charge in [0.05, 0.1) is 13.2 Å². The van der Waals surface area contributed by atoms with Gasteiger partial charge in [-0.1, -0.05) is 12.1 Å². The molecule has 82 valence electrons. The van der Waals surface area contributed by atoms with Gasteiger partial charge in [0, 0.05) is 6.61 Å². The number of benzene rings is 1. The number of ether oxygens (including phenoxy) is 2. The summed E-state index contributed by atoms with van der Waals surface area (Å²) in [5.74, 6) is 0.804. The molecule has 1 aliphatic rings. The van der Waals surface area contributed by atoms with Crippen LogP contribution in [0, 0.1) is 0 Å². The van der Waals surface area contributed by atoms with Crippen LogP contribution in [0.4, 0.5) is 0 Å². The molecule has 0 spiro atoms. The summed E-state index contributed by atoms with van der Waals surface area (Å²) in [7, 11) is 1.63. The van der Waals surface area contributed by atoms with Gasteiger partial charge >= 0.3 is 0 Å². The molecule has 1 aromatic carbocycles. The number of hydrogen-bond acceptors (Lipinski definition) is 3. The van der Waals surface area contributed by atoms with Gasteiger partial charge in [-0.3, -0.25) is 0 Å². The Hall–Kier alpha value is -1.06. The normalized spacial score (nSPS) is 22.7. The van der Waals surface area contributed by atoms with Crippen molar-refractivity contribution in [2.75, 3.05) is 13.7 Å². The standard InChI is InChI=1S/C12H16O3/c1-14-10-6-4-9(5-7-10)12(13)11-3-2-8-15-11/h4-7,11-13H,2-3,8H2,1H3/t11-,12-/m0/s1. The van der Waals surface area contributed by atoms with Gasteiger partial charge < -0.3 is 14.6 Å². The van der Waals surface area contributed by atoms with Gasteiger partial charge in [-0.15, -0.1) is 0 Å². The summed E-state index contributed by atoms with van der Waals surface area (Å²) in [5, 5.41) is 10.0. The van der Waals surface area contributed by atoms with Crippen molar-refractivity contribution in [3.8, 4) is 5.75 Å². The zero-order chi connectivity index (χ0) is 10.7. The topological polar surface area (TPSA) is 38.7 Å². The lowest BCUT2D eigenvalue weighted by Crippen LogP contribution is -2.16. The third kappa shape index (κ3) is 2.30. The van der Waals surface area contributed by atoms with Crippen molar-refractivity contribution in [1.29, 1.82) is 0 Å². The van der Waals surface area contributed by atoms with Crippen molar-refractivity contribution in [2.45, 2.75) is 25.0 Å². The molecule has 0 unspecified atom stereocenters. The number of aliphatic hydroxyl groups is 1. The predicted octanol–water partition coefficient (Wildman–Crippen LogP) is 1.91. The molecule has 0 bridgehead atoms. The monoisotopic (exact) mass is 208 g/mol. The van der Waals surface area contributed by atoms with E-state index in [1.165, 1.54) is 0 Å². The molecule has 15 heavy (non-hydrogen) atoms. The summed E-state index contributed by atoms with van der Waals surface area (Å²) in [6, 6.07) is 7.47. The van der Waals surface area contributed by atoms with E-state index in [9.17, 15) is 5.11 Å². The van der Waals surface area contributed by atoms with Crippen LogP contribution in [0.2, 0.25) is 0 Å². The Balaban J connectivity index is 2.07. The maximum atomic E-state index is 10.0. The van der Waals surface area contributed by atoms with Crippen LogP contribution in [0.15, 0.2) is 24.3 Å². The molecule has 0 aromatic heterocycles. The van der Waals surface area contributed by atoms with Crippen molar-refractivity contribution in [2.24, 2.45) is 0 Å². The van der Waals surface area contributed by atoms with Crippen molar-refractivity contribution in [1.82, 2.24) is 0 Å². The minimum absolute atomic E-state index is 0.0432. The van der Waals surface area contributed by atoms with Crippen LogP contribution in [0.3, 0.4) is 0 Å². The lowest BCUT2D eigenvalue weighted by atomic mass is 10.0. The molecule has 2 atom stereocenters. The minimum atomic E-state index is -0.515. The summed E-state index contributed by atoms with van der Waals surface area (Å²) in [6.07, 6.45) is 1.42. The highest BCUT2D eigenvalue weighted by Crippen LogP contribution is 2.27. The molecule has 3 heteroatoms. The average Bonchev–Trinajstić information content (AvgIpc) is 2.82. The molecule has 3 nitrogen and oxygen atoms in total. The molecule has 1 fully saturated rings. The second kappa shape index (κ2) is 4.64. The van der Waals surface area contributed by atoms with Gasteiger partial charge in [-0.2, -0.15) is 0 Å². The fourth-order valence-corrected chi connectivity index (χ4v) is 1.87. The summed E-state index contributed by atoms with van der Waals surface area (Å²) >= 11 is 0. The lowest BCUT2D eigenvalue weighted by Gasteiger charge is -2.17. The fraction of sp³-hybridized carbons (Fsp3) is 0.500. The van der Waals surface area contributed by atoms with E-state index < -0.39 is 6.10 Å². The fourth-order valence-electron chi connectivity index (χ4n) is 1.87. The number of rotatable bonds is 3. The highest BCUT2D eigenvalue weighted by atomic mass is 16.5. The highest BCUT2D eigenvalue weighted by Gasteiger charge is 2.25. The highest BCUT2D eigenvalue weighted by molar-refractivity contribution is 5.28. The van der Waals surface area contributed by atoms with Gasteiger partial charge in [0.25, 0.3) is 0 Å². The smallest absolute Gasteiger partial charge is 0.118 e. The minimum Gasteiger partial charge on any atom is -0.497 e. The predicted molar refractivity (Wildman–Crippen MR) is 56.9 cm³/mol. The van der Waals surface area contributed by atoms with E-state index in [-0.39, 0.29) is 6.10 Å². The SMILES string of the molecule is COc1ccc([C@H](O)[C@@H]2CCCO2)cc1. The van der Waals surface area contributed by atoms with Crippen LogP contribution in [-0.4, -0.2) is 24.9 Å². The maximum Gasteiger partial charge on any atom is 0.118 e. The zero-order valence-corrected chi connectivity index (χ0v) is 8.85.